The molecule has 4 nitrogen and oxygen atoms in total. The summed E-state index contributed by atoms with van der Waals surface area (Å²) in [6.07, 6.45) is -3.69. The lowest BCUT2D eigenvalue weighted by Crippen LogP contribution is -2.14. The molecule has 142 valence electrons. The second-order valence-corrected chi connectivity index (χ2v) is 6.51. The molecule has 27 heavy (non-hydrogen) atoms. The van der Waals surface area contributed by atoms with Crippen molar-refractivity contribution in [3.63, 3.8) is 0 Å². The van der Waals surface area contributed by atoms with Crippen LogP contribution in [0.1, 0.15) is 18.1 Å². The Bertz CT molecular complexity index is 875. The van der Waals surface area contributed by atoms with Crippen LogP contribution < -0.4 is 0 Å². The first kappa shape index (κ1) is 20.9. The summed E-state index contributed by atoms with van der Waals surface area (Å²) >= 11 is 2.11. The summed E-state index contributed by atoms with van der Waals surface area (Å²) in [5.74, 6) is -1.82. The summed E-state index contributed by atoms with van der Waals surface area (Å²) in [5.41, 5.74) is -1.59. The highest BCUT2D eigenvalue weighted by atomic mass is 127. The van der Waals surface area contributed by atoms with Crippen molar-refractivity contribution in [2.75, 3.05) is 6.61 Å². The number of carbonyl (C=O) groups excluding carboxylic acids is 1. The normalized spacial score (nSPS) is 12.8. The summed E-state index contributed by atoms with van der Waals surface area (Å²) in [6, 6.07) is 11.3. The van der Waals surface area contributed by atoms with Gasteiger partial charge in [-0.3, -0.25) is 4.99 Å². The number of hydrogen-bond donors (Lipinski definition) is 1. The minimum Gasteiger partial charge on any atom is -0.506 e. The van der Waals surface area contributed by atoms with Crippen LogP contribution in [0.4, 0.5) is 18.9 Å². The number of ether oxygens (including phenoxy) is 1. The Balaban J connectivity index is 2.56. The predicted octanol–water partition coefficient (Wildman–Crippen LogP) is 5.54. The van der Waals surface area contributed by atoms with Gasteiger partial charge in [0.25, 0.3) is 0 Å². The van der Waals surface area contributed by atoms with Crippen LogP contribution in [0.25, 0.3) is 5.76 Å². The number of halogens is 4. The van der Waals surface area contributed by atoms with Crippen molar-refractivity contribution < 1.29 is 27.8 Å². The number of esters is 1. The highest BCUT2D eigenvalue weighted by molar-refractivity contribution is 14.1. The van der Waals surface area contributed by atoms with E-state index in [1.165, 1.54) is 12.1 Å². The molecular formula is C19H15F3INO3. The predicted molar refractivity (Wildman–Crippen MR) is 105 cm³/mol. The Morgan fingerprint density at radius 2 is 1.81 bits per heavy atom. The zero-order valence-corrected chi connectivity index (χ0v) is 16.3. The van der Waals surface area contributed by atoms with E-state index < -0.39 is 34.6 Å². The van der Waals surface area contributed by atoms with Crippen LogP contribution in [0.5, 0.6) is 0 Å². The number of alkyl halides is 3. The molecule has 0 aliphatic carbocycles. The Morgan fingerprint density at radius 1 is 1.19 bits per heavy atom. The van der Waals surface area contributed by atoms with Crippen LogP contribution in [0, 0.1) is 3.57 Å². The molecule has 2 rings (SSSR count). The van der Waals surface area contributed by atoms with E-state index in [4.69, 9.17) is 4.74 Å². The number of carbonyl (C=O) groups is 1. The molecule has 0 spiro atoms. The van der Waals surface area contributed by atoms with E-state index in [2.05, 4.69) is 27.6 Å². The molecule has 0 heterocycles. The van der Waals surface area contributed by atoms with E-state index in [0.717, 1.165) is 21.9 Å². The Labute approximate surface area is 167 Å². The van der Waals surface area contributed by atoms with E-state index in [0.29, 0.717) is 5.69 Å². The van der Waals surface area contributed by atoms with Crippen LogP contribution in [-0.4, -0.2) is 23.9 Å². The smallest absolute Gasteiger partial charge is 0.417 e. The van der Waals surface area contributed by atoms with Gasteiger partial charge in [-0.1, -0.05) is 18.2 Å². The van der Waals surface area contributed by atoms with Gasteiger partial charge in [0.2, 0.25) is 0 Å². The van der Waals surface area contributed by atoms with Crippen LogP contribution in [0.15, 0.2) is 59.1 Å². The van der Waals surface area contributed by atoms with Crippen molar-refractivity contribution in [2.45, 2.75) is 13.1 Å². The molecule has 0 aliphatic heterocycles. The second-order valence-electron chi connectivity index (χ2n) is 5.26. The number of hydrogen-bond acceptors (Lipinski definition) is 4. The third-order valence-corrected chi connectivity index (χ3v) is 4.13. The van der Waals surface area contributed by atoms with E-state index in [-0.39, 0.29) is 6.61 Å². The van der Waals surface area contributed by atoms with Gasteiger partial charge in [0, 0.05) is 15.3 Å². The first-order valence-corrected chi connectivity index (χ1v) is 8.88. The van der Waals surface area contributed by atoms with E-state index >= 15 is 0 Å². The van der Waals surface area contributed by atoms with Gasteiger partial charge in [-0.25, -0.2) is 4.79 Å². The quantitative estimate of drug-likeness (QED) is 0.197. The van der Waals surface area contributed by atoms with Crippen LogP contribution >= 0.6 is 22.6 Å². The molecule has 0 saturated carbocycles. The summed E-state index contributed by atoms with van der Waals surface area (Å²) in [6.45, 7) is 1.54. The summed E-state index contributed by atoms with van der Waals surface area (Å²) < 4.78 is 45.5. The lowest BCUT2D eigenvalue weighted by molar-refractivity contribution is -0.139. The maximum Gasteiger partial charge on any atom is 0.417 e. The van der Waals surface area contributed by atoms with Crippen molar-refractivity contribution >= 4 is 46.2 Å². The Morgan fingerprint density at radius 3 is 2.41 bits per heavy atom. The van der Waals surface area contributed by atoms with Crippen molar-refractivity contribution in [2.24, 2.45) is 4.99 Å². The molecule has 2 aromatic carbocycles. The fourth-order valence-corrected chi connectivity index (χ4v) is 2.53. The van der Waals surface area contributed by atoms with E-state index in [1.54, 1.807) is 31.2 Å². The second kappa shape index (κ2) is 9.03. The van der Waals surface area contributed by atoms with Gasteiger partial charge in [-0.15, -0.1) is 0 Å². The van der Waals surface area contributed by atoms with Crippen LogP contribution in [0.3, 0.4) is 0 Å². The van der Waals surface area contributed by atoms with Crippen LogP contribution in [0.2, 0.25) is 0 Å². The number of aliphatic hydroxyl groups is 1. The molecule has 0 aliphatic rings. The zero-order valence-electron chi connectivity index (χ0n) is 14.1. The van der Waals surface area contributed by atoms with Gasteiger partial charge < -0.3 is 9.84 Å². The molecule has 0 bridgehead atoms. The fraction of sp³-hybridized carbons (Fsp3) is 0.158. The van der Waals surface area contributed by atoms with Crippen molar-refractivity contribution in [1.82, 2.24) is 0 Å². The average molecular weight is 489 g/mol. The fourth-order valence-electron chi connectivity index (χ4n) is 2.17. The molecule has 1 N–H and O–H groups in total. The van der Waals surface area contributed by atoms with Gasteiger partial charge in [0.15, 0.2) is 0 Å². The van der Waals surface area contributed by atoms with E-state index in [1.807, 2.05) is 0 Å². The van der Waals surface area contributed by atoms with Gasteiger partial charge in [0.1, 0.15) is 11.3 Å². The topological polar surface area (TPSA) is 58.9 Å². The third kappa shape index (κ3) is 5.56. The zero-order chi connectivity index (χ0) is 20.0. The Hall–Kier alpha value is -2.36. The van der Waals surface area contributed by atoms with Crippen LogP contribution in [-0.2, 0) is 15.7 Å². The molecule has 0 radical (unpaired) electrons. The SMILES string of the molecule is CCOC(=O)/C(C=Nc1ccc(I)cc1)=C(/O)c1ccccc1C(F)(F)F. The van der Waals surface area contributed by atoms with Gasteiger partial charge >= 0.3 is 12.1 Å². The standard InChI is InChI=1S/C19H15F3INO3/c1-2-27-18(26)15(11-24-13-9-7-12(23)8-10-13)17(25)14-5-3-4-6-16(14)19(20,21)22/h3-11,25H,2H2,1H3/b17-15+,24-11?. The molecular weight excluding hydrogens is 474 g/mol. The van der Waals surface area contributed by atoms with Gasteiger partial charge in [-0.05, 0) is 59.8 Å². The lowest BCUT2D eigenvalue weighted by atomic mass is 10.0. The summed E-state index contributed by atoms with van der Waals surface area (Å²) in [4.78, 5) is 16.2. The van der Waals surface area contributed by atoms with Crippen molar-refractivity contribution in [1.29, 1.82) is 0 Å². The van der Waals surface area contributed by atoms with Crippen molar-refractivity contribution in [3.05, 3.63) is 68.8 Å². The molecule has 0 aromatic heterocycles. The number of nitrogens with zero attached hydrogens (tertiary/aromatic N) is 1. The molecule has 0 fully saturated rings. The average Bonchev–Trinajstić information content (AvgIpc) is 2.63. The summed E-state index contributed by atoms with van der Waals surface area (Å²) in [5, 5.41) is 10.4. The minimum atomic E-state index is -4.70. The molecule has 0 amide bonds. The number of rotatable bonds is 5. The van der Waals surface area contributed by atoms with Gasteiger partial charge in [0.05, 0.1) is 17.9 Å². The maximum absolute atomic E-state index is 13.2. The Kier molecular flexibility index (Phi) is 7.00. The van der Waals surface area contributed by atoms with Gasteiger partial charge in [-0.2, -0.15) is 13.2 Å². The molecule has 8 heteroatoms. The lowest BCUT2D eigenvalue weighted by Gasteiger charge is -2.13. The largest absolute Gasteiger partial charge is 0.506 e. The third-order valence-electron chi connectivity index (χ3n) is 3.41. The minimum absolute atomic E-state index is 0.00605. The first-order chi connectivity index (χ1) is 12.7. The number of aliphatic hydroxyl groups excluding tert-OH is 1. The molecule has 0 unspecified atom stereocenters. The molecule has 2 aromatic rings. The first-order valence-electron chi connectivity index (χ1n) is 7.80. The van der Waals surface area contributed by atoms with E-state index in [9.17, 15) is 23.1 Å². The highest BCUT2D eigenvalue weighted by Crippen LogP contribution is 2.35. The summed E-state index contributed by atoms with van der Waals surface area (Å²) in [7, 11) is 0. The molecule has 0 saturated heterocycles. The monoisotopic (exact) mass is 489 g/mol. The van der Waals surface area contributed by atoms with Crippen molar-refractivity contribution in [3.8, 4) is 0 Å². The number of benzene rings is 2. The maximum atomic E-state index is 13.2. The molecule has 0 atom stereocenters. The number of aliphatic imine (C=N–C) groups is 1. The highest BCUT2D eigenvalue weighted by Gasteiger charge is 2.35.